The molecular formula is C15H13BrO3. The number of carbonyl (C=O) groups is 1. The van der Waals surface area contributed by atoms with Crippen molar-refractivity contribution in [3.63, 3.8) is 0 Å². The topological polar surface area (TPSA) is 46.5 Å². The summed E-state index contributed by atoms with van der Waals surface area (Å²) in [6, 6.07) is 12.5. The van der Waals surface area contributed by atoms with Crippen LogP contribution in [0.4, 0.5) is 0 Å². The molecule has 2 aromatic rings. The van der Waals surface area contributed by atoms with E-state index in [2.05, 4.69) is 22.9 Å². The van der Waals surface area contributed by atoms with Gasteiger partial charge in [0.05, 0.1) is 10.0 Å². The summed E-state index contributed by atoms with van der Waals surface area (Å²) >= 11 is 3.31. The maximum atomic E-state index is 10.8. The summed E-state index contributed by atoms with van der Waals surface area (Å²) in [6.07, 6.45) is 0.983. The van der Waals surface area contributed by atoms with Crippen LogP contribution < -0.4 is 4.74 Å². The normalized spacial score (nSPS) is 10.2. The maximum Gasteiger partial charge on any atom is 0.335 e. The molecule has 19 heavy (non-hydrogen) atoms. The molecule has 2 aromatic carbocycles. The van der Waals surface area contributed by atoms with Gasteiger partial charge in [-0.2, -0.15) is 0 Å². The van der Waals surface area contributed by atoms with Crippen molar-refractivity contribution in [3.05, 3.63) is 58.1 Å². The molecule has 1 N–H and O–H groups in total. The van der Waals surface area contributed by atoms with Crippen molar-refractivity contribution in [3.8, 4) is 11.5 Å². The van der Waals surface area contributed by atoms with Gasteiger partial charge in [-0.15, -0.1) is 0 Å². The first-order chi connectivity index (χ1) is 9.10. The van der Waals surface area contributed by atoms with Gasteiger partial charge in [0.15, 0.2) is 0 Å². The average molecular weight is 321 g/mol. The molecule has 98 valence electrons. The monoisotopic (exact) mass is 320 g/mol. The minimum absolute atomic E-state index is 0.223. The van der Waals surface area contributed by atoms with Crippen LogP contribution in [0.3, 0.4) is 0 Å². The van der Waals surface area contributed by atoms with E-state index in [-0.39, 0.29) is 5.56 Å². The Bertz CT molecular complexity index is 591. The van der Waals surface area contributed by atoms with Crippen LogP contribution in [0.1, 0.15) is 22.8 Å². The van der Waals surface area contributed by atoms with Crippen molar-refractivity contribution in [2.75, 3.05) is 0 Å². The van der Waals surface area contributed by atoms with E-state index in [0.717, 1.165) is 12.2 Å². The number of carboxylic acids is 1. The number of ether oxygens (including phenoxy) is 1. The van der Waals surface area contributed by atoms with Crippen molar-refractivity contribution in [2.24, 2.45) is 0 Å². The highest BCUT2D eigenvalue weighted by Gasteiger charge is 2.08. The molecule has 2 rings (SSSR count). The van der Waals surface area contributed by atoms with Crippen molar-refractivity contribution in [1.82, 2.24) is 0 Å². The van der Waals surface area contributed by atoms with Gasteiger partial charge in [0.1, 0.15) is 11.5 Å². The van der Waals surface area contributed by atoms with Crippen LogP contribution in [-0.4, -0.2) is 11.1 Å². The highest BCUT2D eigenvalue weighted by molar-refractivity contribution is 9.10. The Kier molecular flexibility index (Phi) is 4.22. The van der Waals surface area contributed by atoms with Crippen molar-refractivity contribution in [2.45, 2.75) is 13.3 Å². The van der Waals surface area contributed by atoms with E-state index in [0.29, 0.717) is 10.2 Å². The summed E-state index contributed by atoms with van der Waals surface area (Å²) in [4.78, 5) is 10.8. The van der Waals surface area contributed by atoms with Gasteiger partial charge in [-0.3, -0.25) is 0 Å². The summed E-state index contributed by atoms with van der Waals surface area (Å²) in [5.41, 5.74) is 1.47. The lowest BCUT2D eigenvalue weighted by atomic mass is 10.2. The second-order valence-corrected chi connectivity index (χ2v) is 4.90. The van der Waals surface area contributed by atoms with Crippen LogP contribution in [0.25, 0.3) is 0 Å². The molecule has 0 atom stereocenters. The predicted molar refractivity (Wildman–Crippen MR) is 77.0 cm³/mol. The minimum Gasteiger partial charge on any atom is -0.478 e. The van der Waals surface area contributed by atoms with Gasteiger partial charge >= 0.3 is 5.97 Å². The van der Waals surface area contributed by atoms with Crippen LogP contribution in [0.2, 0.25) is 0 Å². The first kappa shape index (κ1) is 13.6. The lowest BCUT2D eigenvalue weighted by Gasteiger charge is -2.08. The minimum atomic E-state index is -0.959. The number of carboxylic acid groups (broad SMARTS) is 1. The molecule has 0 saturated carbocycles. The molecule has 0 saturated heterocycles. The third-order valence-electron chi connectivity index (χ3n) is 2.74. The quantitative estimate of drug-likeness (QED) is 0.902. The molecule has 0 fully saturated rings. The summed E-state index contributed by atoms with van der Waals surface area (Å²) in [5.74, 6) is 0.356. The second-order valence-electron chi connectivity index (χ2n) is 4.05. The predicted octanol–water partition coefficient (Wildman–Crippen LogP) is 4.50. The zero-order valence-corrected chi connectivity index (χ0v) is 12.0. The number of aromatic carboxylic acids is 1. The largest absolute Gasteiger partial charge is 0.478 e. The van der Waals surface area contributed by atoms with Gasteiger partial charge in [-0.05, 0) is 58.2 Å². The molecule has 0 amide bonds. The number of hydrogen-bond donors (Lipinski definition) is 1. The standard InChI is InChI=1S/C15H13BrO3/c1-2-10-3-6-12(7-4-10)19-14-8-5-11(15(17)18)9-13(14)16/h3-9H,2H2,1H3,(H,17,18). The van der Waals surface area contributed by atoms with Gasteiger partial charge < -0.3 is 9.84 Å². The molecule has 3 nitrogen and oxygen atoms in total. The first-order valence-corrected chi connectivity index (χ1v) is 6.69. The van der Waals surface area contributed by atoms with E-state index in [1.807, 2.05) is 24.3 Å². The molecular weight excluding hydrogens is 308 g/mol. The maximum absolute atomic E-state index is 10.8. The fraction of sp³-hybridized carbons (Fsp3) is 0.133. The number of rotatable bonds is 4. The van der Waals surface area contributed by atoms with Crippen molar-refractivity contribution >= 4 is 21.9 Å². The van der Waals surface area contributed by atoms with E-state index in [1.165, 1.54) is 17.7 Å². The lowest BCUT2D eigenvalue weighted by molar-refractivity contribution is 0.0697. The van der Waals surface area contributed by atoms with Crippen LogP contribution in [0, 0.1) is 0 Å². The van der Waals surface area contributed by atoms with E-state index in [1.54, 1.807) is 6.07 Å². The zero-order chi connectivity index (χ0) is 13.8. The summed E-state index contributed by atoms with van der Waals surface area (Å²) in [6.45, 7) is 2.09. The smallest absolute Gasteiger partial charge is 0.335 e. The molecule has 0 aromatic heterocycles. The van der Waals surface area contributed by atoms with Gasteiger partial charge in [-0.25, -0.2) is 4.79 Å². The SMILES string of the molecule is CCc1ccc(Oc2ccc(C(=O)O)cc2Br)cc1. The summed E-state index contributed by atoms with van der Waals surface area (Å²) in [7, 11) is 0. The van der Waals surface area contributed by atoms with Crippen LogP contribution in [-0.2, 0) is 6.42 Å². The summed E-state index contributed by atoms with van der Waals surface area (Å²) < 4.78 is 6.32. The Morgan fingerprint density at radius 3 is 2.42 bits per heavy atom. The third-order valence-corrected chi connectivity index (χ3v) is 3.36. The molecule has 0 heterocycles. The van der Waals surface area contributed by atoms with Gasteiger partial charge in [0, 0.05) is 0 Å². The number of hydrogen-bond acceptors (Lipinski definition) is 2. The molecule has 0 bridgehead atoms. The Labute approximate surface area is 120 Å². The molecule has 0 radical (unpaired) electrons. The Hall–Kier alpha value is -1.81. The van der Waals surface area contributed by atoms with E-state index < -0.39 is 5.97 Å². The summed E-state index contributed by atoms with van der Waals surface area (Å²) in [5, 5.41) is 8.89. The van der Waals surface area contributed by atoms with Gasteiger partial charge in [-0.1, -0.05) is 19.1 Å². The highest BCUT2D eigenvalue weighted by atomic mass is 79.9. The molecule has 0 unspecified atom stereocenters. The molecule has 0 aliphatic rings. The van der Waals surface area contributed by atoms with Crippen LogP contribution >= 0.6 is 15.9 Å². The van der Waals surface area contributed by atoms with E-state index in [4.69, 9.17) is 9.84 Å². The Balaban J connectivity index is 2.20. The van der Waals surface area contributed by atoms with E-state index >= 15 is 0 Å². The first-order valence-electron chi connectivity index (χ1n) is 5.90. The Morgan fingerprint density at radius 1 is 1.21 bits per heavy atom. The van der Waals surface area contributed by atoms with Crippen molar-refractivity contribution < 1.29 is 14.6 Å². The molecule has 0 aliphatic carbocycles. The lowest BCUT2D eigenvalue weighted by Crippen LogP contribution is -1.96. The third kappa shape index (κ3) is 3.35. The zero-order valence-electron chi connectivity index (χ0n) is 10.4. The highest BCUT2D eigenvalue weighted by Crippen LogP contribution is 2.30. The molecule has 0 aliphatic heterocycles. The van der Waals surface area contributed by atoms with Crippen LogP contribution in [0.5, 0.6) is 11.5 Å². The second kappa shape index (κ2) is 5.89. The average Bonchev–Trinajstić information content (AvgIpc) is 2.41. The fourth-order valence-corrected chi connectivity index (χ4v) is 2.10. The number of benzene rings is 2. The van der Waals surface area contributed by atoms with Gasteiger partial charge in [0.2, 0.25) is 0 Å². The van der Waals surface area contributed by atoms with Crippen LogP contribution in [0.15, 0.2) is 46.9 Å². The fourth-order valence-electron chi connectivity index (χ4n) is 1.64. The van der Waals surface area contributed by atoms with E-state index in [9.17, 15) is 4.79 Å². The number of aryl methyl sites for hydroxylation is 1. The Morgan fingerprint density at radius 2 is 1.89 bits per heavy atom. The molecule has 0 spiro atoms. The number of halogens is 1. The van der Waals surface area contributed by atoms with Gasteiger partial charge in [0.25, 0.3) is 0 Å². The molecule has 4 heteroatoms. The van der Waals surface area contributed by atoms with Crippen molar-refractivity contribution in [1.29, 1.82) is 0 Å².